The Morgan fingerprint density at radius 3 is 2.67 bits per heavy atom. The van der Waals surface area contributed by atoms with Crippen molar-refractivity contribution in [2.75, 3.05) is 13.7 Å². The van der Waals surface area contributed by atoms with Crippen LogP contribution in [0.2, 0.25) is 0 Å². The molecule has 1 saturated heterocycles. The molecular weight excluding hydrogens is 384 g/mol. The van der Waals surface area contributed by atoms with Gasteiger partial charge >= 0.3 is 6.09 Å². The molecule has 0 saturated carbocycles. The van der Waals surface area contributed by atoms with Crippen molar-refractivity contribution in [1.29, 1.82) is 5.26 Å². The second-order valence-corrected chi connectivity index (χ2v) is 7.24. The fourth-order valence-corrected chi connectivity index (χ4v) is 4.01. The number of ether oxygens (including phenoxy) is 1. The van der Waals surface area contributed by atoms with Crippen LogP contribution < -0.4 is 10.3 Å². The molecule has 4 rings (SSSR count). The number of aromatic nitrogens is 2. The highest BCUT2D eigenvalue weighted by Crippen LogP contribution is 2.33. The number of methoxy groups -OCH3 is 1. The Hall–Kier alpha value is -3.86. The summed E-state index contributed by atoms with van der Waals surface area (Å²) >= 11 is 0. The number of benzene rings is 2. The van der Waals surface area contributed by atoms with Gasteiger partial charge in [0.05, 0.1) is 41.4 Å². The molecule has 2 heterocycles. The highest BCUT2D eigenvalue weighted by molar-refractivity contribution is 5.83. The van der Waals surface area contributed by atoms with Gasteiger partial charge in [-0.2, -0.15) is 5.26 Å². The summed E-state index contributed by atoms with van der Waals surface area (Å²) in [6, 6.07) is 11.7. The fraction of sp³-hybridized carbons (Fsp3) is 0.273. The van der Waals surface area contributed by atoms with Crippen LogP contribution in [-0.2, 0) is 0 Å². The maximum Gasteiger partial charge on any atom is 0.407 e. The van der Waals surface area contributed by atoms with E-state index in [4.69, 9.17) is 9.72 Å². The number of aryl methyl sites for hydroxylation is 1. The highest BCUT2D eigenvalue weighted by Gasteiger charge is 2.34. The van der Waals surface area contributed by atoms with Gasteiger partial charge in [0.2, 0.25) is 0 Å². The minimum Gasteiger partial charge on any atom is -0.497 e. The lowest BCUT2D eigenvalue weighted by molar-refractivity contribution is 0.138. The molecule has 0 aliphatic carbocycles. The molecule has 1 fully saturated rings. The second kappa shape index (κ2) is 7.52. The van der Waals surface area contributed by atoms with E-state index in [1.807, 2.05) is 0 Å². The molecule has 152 valence electrons. The van der Waals surface area contributed by atoms with Crippen molar-refractivity contribution in [1.82, 2.24) is 14.5 Å². The number of hydrogen-bond donors (Lipinski definition) is 1. The van der Waals surface area contributed by atoms with Crippen molar-refractivity contribution in [3.05, 3.63) is 63.7 Å². The number of likely N-dealkylation sites (tertiary alicyclic amines) is 1. The largest absolute Gasteiger partial charge is 0.497 e. The van der Waals surface area contributed by atoms with Gasteiger partial charge in [0.25, 0.3) is 5.56 Å². The third-order valence-corrected chi connectivity index (χ3v) is 5.45. The quantitative estimate of drug-likeness (QED) is 0.717. The Kier molecular flexibility index (Phi) is 4.88. The molecule has 0 radical (unpaired) electrons. The van der Waals surface area contributed by atoms with E-state index in [1.165, 1.54) is 15.5 Å². The number of rotatable bonds is 3. The predicted molar refractivity (Wildman–Crippen MR) is 110 cm³/mol. The molecule has 1 aliphatic heterocycles. The zero-order valence-electron chi connectivity index (χ0n) is 16.6. The number of hydrogen-bond acceptors (Lipinski definition) is 5. The monoisotopic (exact) mass is 404 g/mol. The van der Waals surface area contributed by atoms with E-state index < -0.39 is 12.1 Å². The van der Waals surface area contributed by atoms with Gasteiger partial charge in [-0.3, -0.25) is 14.3 Å². The van der Waals surface area contributed by atoms with Crippen molar-refractivity contribution >= 4 is 17.0 Å². The van der Waals surface area contributed by atoms with E-state index in [0.29, 0.717) is 58.7 Å². The molecule has 30 heavy (non-hydrogen) atoms. The first-order chi connectivity index (χ1) is 14.4. The minimum absolute atomic E-state index is 0.325. The smallest absolute Gasteiger partial charge is 0.407 e. The summed E-state index contributed by atoms with van der Waals surface area (Å²) in [7, 11) is 1.56. The maximum absolute atomic E-state index is 13.6. The Bertz CT molecular complexity index is 1240. The van der Waals surface area contributed by atoms with Crippen LogP contribution >= 0.6 is 0 Å². The standard InChI is InChI=1S/C22H20N4O4/c1-13-10-14(12-23)11-17-19(13)24-20(18-4-3-9-25(18)22(28)29)26(21(17)27)15-5-7-16(30-2)8-6-15/h5-8,10-11,18H,3-4,9H2,1-2H3,(H,28,29)/t18-/m1/s1. The third kappa shape index (κ3) is 3.14. The summed E-state index contributed by atoms with van der Waals surface area (Å²) in [6.07, 6.45) is 0.236. The summed E-state index contributed by atoms with van der Waals surface area (Å²) in [5.74, 6) is 1.02. The topological polar surface area (TPSA) is 108 Å². The molecule has 1 amide bonds. The molecule has 1 N–H and O–H groups in total. The van der Waals surface area contributed by atoms with E-state index in [2.05, 4.69) is 6.07 Å². The second-order valence-electron chi connectivity index (χ2n) is 7.24. The lowest BCUT2D eigenvalue weighted by Gasteiger charge is -2.24. The molecule has 0 spiro atoms. The molecule has 8 nitrogen and oxygen atoms in total. The lowest BCUT2D eigenvalue weighted by Crippen LogP contribution is -2.34. The summed E-state index contributed by atoms with van der Waals surface area (Å²) in [4.78, 5) is 31.4. The van der Waals surface area contributed by atoms with Gasteiger partial charge in [-0.15, -0.1) is 0 Å². The van der Waals surface area contributed by atoms with Crippen molar-refractivity contribution in [3.8, 4) is 17.5 Å². The van der Waals surface area contributed by atoms with Crippen molar-refractivity contribution < 1.29 is 14.6 Å². The molecule has 3 aromatic rings. The van der Waals surface area contributed by atoms with E-state index in [0.717, 1.165) is 0 Å². The van der Waals surface area contributed by atoms with Crippen LogP contribution in [0.4, 0.5) is 4.79 Å². The van der Waals surface area contributed by atoms with Crippen molar-refractivity contribution in [3.63, 3.8) is 0 Å². The normalized spacial score (nSPS) is 15.9. The first kappa shape index (κ1) is 19.5. The molecule has 8 heteroatoms. The number of carbonyl (C=O) groups is 1. The SMILES string of the molecule is COc1ccc(-n2c([C@H]3CCCN3C(=O)O)nc3c(C)cc(C#N)cc3c2=O)cc1. The van der Waals surface area contributed by atoms with Gasteiger partial charge in [-0.25, -0.2) is 9.78 Å². The van der Waals surface area contributed by atoms with Crippen LogP contribution in [0.15, 0.2) is 41.2 Å². The Balaban J connectivity index is 2.05. The van der Waals surface area contributed by atoms with Crippen LogP contribution in [0.5, 0.6) is 5.75 Å². The van der Waals surface area contributed by atoms with Gasteiger partial charge in [-0.1, -0.05) is 0 Å². The summed E-state index contributed by atoms with van der Waals surface area (Å²) in [6.45, 7) is 2.18. The van der Waals surface area contributed by atoms with Crippen LogP contribution in [0.1, 0.15) is 35.8 Å². The van der Waals surface area contributed by atoms with Crippen LogP contribution in [0, 0.1) is 18.3 Å². The van der Waals surface area contributed by atoms with Crippen LogP contribution in [0.3, 0.4) is 0 Å². The summed E-state index contributed by atoms with van der Waals surface area (Å²) in [5, 5.41) is 19.3. The first-order valence-electron chi connectivity index (χ1n) is 9.56. The van der Waals surface area contributed by atoms with Crippen molar-refractivity contribution in [2.45, 2.75) is 25.8 Å². The average Bonchev–Trinajstić information content (AvgIpc) is 3.24. The van der Waals surface area contributed by atoms with Gasteiger partial charge < -0.3 is 9.84 Å². The molecule has 0 unspecified atom stereocenters. The zero-order chi connectivity index (χ0) is 21.4. The molecule has 1 aliphatic rings. The van der Waals surface area contributed by atoms with E-state index in [9.17, 15) is 20.0 Å². The number of amides is 1. The summed E-state index contributed by atoms with van der Waals surface area (Å²) in [5.41, 5.74) is 1.78. The minimum atomic E-state index is -1.04. The number of fused-ring (bicyclic) bond motifs is 1. The van der Waals surface area contributed by atoms with Crippen LogP contribution in [-0.4, -0.2) is 39.3 Å². The van der Waals surface area contributed by atoms with Gasteiger partial charge in [-0.05, 0) is 61.7 Å². The van der Waals surface area contributed by atoms with Gasteiger partial charge in [0.15, 0.2) is 0 Å². The molecular formula is C22H20N4O4. The van der Waals surface area contributed by atoms with Crippen molar-refractivity contribution in [2.24, 2.45) is 0 Å². The Morgan fingerprint density at radius 1 is 1.30 bits per heavy atom. The Morgan fingerprint density at radius 2 is 2.03 bits per heavy atom. The average molecular weight is 404 g/mol. The predicted octanol–water partition coefficient (Wildman–Crippen LogP) is 3.39. The van der Waals surface area contributed by atoms with E-state index in [-0.39, 0.29) is 5.56 Å². The number of nitrogens with zero attached hydrogens (tertiary/aromatic N) is 4. The van der Waals surface area contributed by atoms with Gasteiger partial charge in [0, 0.05) is 6.54 Å². The maximum atomic E-state index is 13.6. The Labute approximate surface area is 172 Å². The molecule has 2 aromatic carbocycles. The highest BCUT2D eigenvalue weighted by atomic mass is 16.5. The molecule has 0 bridgehead atoms. The van der Waals surface area contributed by atoms with E-state index >= 15 is 0 Å². The van der Waals surface area contributed by atoms with Gasteiger partial charge in [0.1, 0.15) is 11.6 Å². The number of nitriles is 1. The summed E-state index contributed by atoms with van der Waals surface area (Å²) < 4.78 is 6.66. The molecule has 1 atom stereocenters. The lowest BCUT2D eigenvalue weighted by atomic mass is 10.1. The third-order valence-electron chi connectivity index (χ3n) is 5.45. The zero-order valence-corrected chi connectivity index (χ0v) is 16.6. The first-order valence-corrected chi connectivity index (χ1v) is 9.56. The number of carboxylic acid groups (broad SMARTS) is 1. The fourth-order valence-electron chi connectivity index (χ4n) is 4.01. The van der Waals surface area contributed by atoms with E-state index in [1.54, 1.807) is 44.4 Å². The van der Waals surface area contributed by atoms with Crippen LogP contribution in [0.25, 0.3) is 16.6 Å². The molecule has 1 aromatic heterocycles.